The fraction of sp³-hybridized carbons (Fsp3) is 0.0323. The lowest BCUT2D eigenvalue weighted by atomic mass is 10.0. The first kappa shape index (κ1) is 24.6. The second-order valence-corrected chi connectivity index (χ2v) is 8.85. The topological polar surface area (TPSA) is 122 Å². The molecule has 3 aromatic heterocycles. The van der Waals surface area contributed by atoms with Crippen molar-refractivity contribution in [3.05, 3.63) is 109 Å². The third-order valence-corrected chi connectivity index (χ3v) is 6.27. The van der Waals surface area contributed by atoms with Gasteiger partial charge in [-0.25, -0.2) is 9.97 Å². The Hall–Kier alpha value is -5.70. The SMILES string of the molecule is COc1ncccc1-c1ccc(O)c(-c2nc3cc(C(=O)Nc4ccccc4Oc4cccnc4)ccc3[nH]2)c1. The third-order valence-electron chi connectivity index (χ3n) is 6.27. The van der Waals surface area contributed by atoms with E-state index in [0.29, 0.717) is 45.5 Å². The number of phenolic OH excluding ortho intramolecular Hbond substituents is 1. The summed E-state index contributed by atoms with van der Waals surface area (Å²) < 4.78 is 11.3. The van der Waals surface area contributed by atoms with Gasteiger partial charge in [-0.2, -0.15) is 0 Å². The summed E-state index contributed by atoms with van der Waals surface area (Å²) in [5.41, 5.74) is 4.33. The minimum Gasteiger partial charge on any atom is -0.507 e. The van der Waals surface area contributed by atoms with Crippen LogP contribution in [-0.2, 0) is 0 Å². The maximum Gasteiger partial charge on any atom is 0.255 e. The van der Waals surface area contributed by atoms with E-state index in [2.05, 4.69) is 25.3 Å². The number of ether oxygens (including phenoxy) is 2. The average Bonchev–Trinajstić information content (AvgIpc) is 3.42. The molecule has 9 nitrogen and oxygen atoms in total. The molecule has 40 heavy (non-hydrogen) atoms. The minimum atomic E-state index is -0.317. The van der Waals surface area contributed by atoms with E-state index < -0.39 is 0 Å². The average molecular weight is 530 g/mol. The number of fused-ring (bicyclic) bond motifs is 1. The van der Waals surface area contributed by atoms with Gasteiger partial charge in [-0.15, -0.1) is 0 Å². The molecule has 196 valence electrons. The summed E-state index contributed by atoms with van der Waals surface area (Å²) in [4.78, 5) is 29.4. The highest BCUT2D eigenvalue weighted by Gasteiger charge is 2.16. The monoisotopic (exact) mass is 529 g/mol. The summed E-state index contributed by atoms with van der Waals surface area (Å²) in [7, 11) is 1.56. The van der Waals surface area contributed by atoms with Crippen LogP contribution >= 0.6 is 0 Å². The fourth-order valence-corrected chi connectivity index (χ4v) is 4.33. The van der Waals surface area contributed by atoms with E-state index in [1.807, 2.05) is 30.3 Å². The molecular formula is C31H23N5O4. The lowest BCUT2D eigenvalue weighted by Gasteiger charge is -2.12. The van der Waals surface area contributed by atoms with Crippen LogP contribution in [0.25, 0.3) is 33.5 Å². The van der Waals surface area contributed by atoms with Crippen LogP contribution in [0.4, 0.5) is 5.69 Å². The lowest BCUT2D eigenvalue weighted by molar-refractivity contribution is 0.102. The first-order valence-electron chi connectivity index (χ1n) is 12.4. The number of methoxy groups -OCH3 is 1. The fourth-order valence-electron chi connectivity index (χ4n) is 4.33. The molecule has 0 aliphatic heterocycles. The highest BCUT2D eigenvalue weighted by atomic mass is 16.5. The van der Waals surface area contributed by atoms with Crippen molar-refractivity contribution in [1.29, 1.82) is 0 Å². The highest BCUT2D eigenvalue weighted by Crippen LogP contribution is 2.36. The number of benzene rings is 3. The van der Waals surface area contributed by atoms with Gasteiger partial charge in [-0.3, -0.25) is 9.78 Å². The number of imidazole rings is 1. The molecule has 0 unspecified atom stereocenters. The first-order valence-corrected chi connectivity index (χ1v) is 12.4. The molecule has 3 N–H and O–H groups in total. The summed E-state index contributed by atoms with van der Waals surface area (Å²) >= 11 is 0. The van der Waals surface area contributed by atoms with Crippen molar-refractivity contribution >= 4 is 22.6 Å². The number of pyridine rings is 2. The van der Waals surface area contributed by atoms with Crippen LogP contribution in [0, 0.1) is 0 Å². The highest BCUT2D eigenvalue weighted by molar-refractivity contribution is 6.06. The first-order chi connectivity index (χ1) is 19.6. The van der Waals surface area contributed by atoms with Crippen molar-refractivity contribution in [2.24, 2.45) is 0 Å². The number of H-pyrrole nitrogens is 1. The van der Waals surface area contributed by atoms with E-state index in [9.17, 15) is 9.90 Å². The van der Waals surface area contributed by atoms with Gasteiger partial charge in [-0.05, 0) is 72.3 Å². The van der Waals surface area contributed by atoms with Crippen LogP contribution in [-0.4, -0.2) is 38.1 Å². The predicted octanol–water partition coefficient (Wildman–Crippen LogP) is 6.45. The Morgan fingerprint density at radius 2 is 1.80 bits per heavy atom. The Bertz CT molecular complexity index is 1840. The normalized spacial score (nSPS) is 10.8. The number of nitrogens with zero attached hydrogens (tertiary/aromatic N) is 3. The summed E-state index contributed by atoms with van der Waals surface area (Å²) in [5, 5.41) is 13.6. The van der Waals surface area contributed by atoms with Gasteiger partial charge >= 0.3 is 0 Å². The number of nitrogens with one attached hydrogen (secondary N) is 2. The number of aromatic nitrogens is 4. The number of para-hydroxylation sites is 2. The van der Waals surface area contributed by atoms with Crippen LogP contribution in [0.2, 0.25) is 0 Å². The number of hydrogen-bond donors (Lipinski definition) is 3. The number of carbonyl (C=O) groups excluding carboxylic acids is 1. The van der Waals surface area contributed by atoms with Crippen molar-refractivity contribution in [3.8, 4) is 45.6 Å². The molecule has 0 saturated carbocycles. The molecule has 0 aliphatic rings. The molecule has 0 radical (unpaired) electrons. The van der Waals surface area contributed by atoms with Crippen LogP contribution < -0.4 is 14.8 Å². The Morgan fingerprint density at radius 3 is 2.65 bits per heavy atom. The number of hydrogen-bond acceptors (Lipinski definition) is 7. The summed E-state index contributed by atoms with van der Waals surface area (Å²) in [5.74, 6) is 1.74. The number of phenols is 1. The molecule has 3 aromatic carbocycles. The number of anilines is 1. The minimum absolute atomic E-state index is 0.0638. The molecule has 3 heterocycles. The van der Waals surface area contributed by atoms with Crippen LogP contribution in [0.5, 0.6) is 23.1 Å². The van der Waals surface area contributed by atoms with Crippen molar-refractivity contribution < 1.29 is 19.4 Å². The molecule has 0 bridgehead atoms. The number of aromatic hydroxyl groups is 1. The summed E-state index contributed by atoms with van der Waals surface area (Å²) in [6.45, 7) is 0. The molecule has 0 saturated heterocycles. The smallest absolute Gasteiger partial charge is 0.255 e. The van der Waals surface area contributed by atoms with Gasteiger partial charge in [0.25, 0.3) is 5.91 Å². The van der Waals surface area contributed by atoms with Crippen molar-refractivity contribution in [2.75, 3.05) is 12.4 Å². The lowest BCUT2D eigenvalue weighted by Crippen LogP contribution is -2.12. The second-order valence-electron chi connectivity index (χ2n) is 8.85. The number of amides is 1. The Balaban J connectivity index is 1.28. The molecule has 9 heteroatoms. The summed E-state index contributed by atoms with van der Waals surface area (Å²) in [6.07, 6.45) is 4.92. The van der Waals surface area contributed by atoms with E-state index in [1.54, 1.807) is 80.3 Å². The van der Waals surface area contributed by atoms with E-state index in [-0.39, 0.29) is 11.7 Å². The molecule has 0 aliphatic carbocycles. The molecular weight excluding hydrogens is 506 g/mol. The predicted molar refractivity (Wildman–Crippen MR) is 152 cm³/mol. The van der Waals surface area contributed by atoms with Crippen molar-refractivity contribution in [3.63, 3.8) is 0 Å². The van der Waals surface area contributed by atoms with Gasteiger partial charge in [0.1, 0.15) is 17.3 Å². The molecule has 6 aromatic rings. The largest absolute Gasteiger partial charge is 0.507 e. The van der Waals surface area contributed by atoms with Crippen LogP contribution in [0.15, 0.2) is 104 Å². The molecule has 0 atom stereocenters. The molecule has 1 amide bonds. The van der Waals surface area contributed by atoms with Crippen LogP contribution in [0.3, 0.4) is 0 Å². The maximum atomic E-state index is 13.2. The number of carbonyl (C=O) groups is 1. The standard InChI is InChI=1S/C31H23N5O4/c1-39-31-22(7-5-15-33-31)19-11-13-27(37)23(16-19)29-34-24-12-10-20(17-26(24)35-29)30(38)36-25-8-2-3-9-28(25)40-21-6-4-14-32-18-21/h2-18,37H,1H3,(H,34,35)(H,36,38). The zero-order chi connectivity index (χ0) is 27.5. The number of aromatic amines is 1. The second kappa shape index (κ2) is 10.6. The number of rotatable bonds is 7. The summed E-state index contributed by atoms with van der Waals surface area (Å²) in [6, 6.07) is 24.9. The van der Waals surface area contributed by atoms with Crippen LogP contribution in [0.1, 0.15) is 10.4 Å². The van der Waals surface area contributed by atoms with E-state index in [0.717, 1.165) is 16.6 Å². The third kappa shape index (κ3) is 4.91. The zero-order valence-corrected chi connectivity index (χ0v) is 21.3. The maximum absolute atomic E-state index is 13.2. The van der Waals surface area contributed by atoms with E-state index in [1.165, 1.54) is 0 Å². The van der Waals surface area contributed by atoms with Gasteiger partial charge in [0, 0.05) is 23.5 Å². The molecule has 6 rings (SSSR count). The quantitative estimate of drug-likeness (QED) is 0.217. The van der Waals surface area contributed by atoms with Gasteiger partial charge < -0.3 is 24.9 Å². The Labute approximate surface area is 229 Å². The van der Waals surface area contributed by atoms with Crippen molar-refractivity contribution in [2.45, 2.75) is 0 Å². The van der Waals surface area contributed by atoms with Crippen molar-refractivity contribution in [1.82, 2.24) is 19.9 Å². The molecule has 0 spiro atoms. The van der Waals surface area contributed by atoms with Gasteiger partial charge in [0.05, 0.1) is 35.6 Å². The van der Waals surface area contributed by atoms with Gasteiger partial charge in [0.15, 0.2) is 5.75 Å². The van der Waals surface area contributed by atoms with Gasteiger partial charge in [0.2, 0.25) is 5.88 Å². The van der Waals surface area contributed by atoms with E-state index in [4.69, 9.17) is 9.47 Å². The van der Waals surface area contributed by atoms with Gasteiger partial charge in [-0.1, -0.05) is 18.2 Å². The zero-order valence-electron chi connectivity index (χ0n) is 21.3. The Morgan fingerprint density at radius 1 is 0.925 bits per heavy atom. The van der Waals surface area contributed by atoms with E-state index >= 15 is 0 Å². The molecule has 0 fully saturated rings. The Kier molecular flexibility index (Phi) is 6.51.